The third-order valence-electron chi connectivity index (χ3n) is 3.08. The molecule has 1 aliphatic rings. The molecule has 2 aromatic rings. The summed E-state index contributed by atoms with van der Waals surface area (Å²) in [6.07, 6.45) is 2.05. The number of benzene rings is 1. The summed E-state index contributed by atoms with van der Waals surface area (Å²) in [6.45, 7) is 0.768. The number of amides is 1. The van der Waals surface area contributed by atoms with Gasteiger partial charge in [-0.15, -0.1) is 22.0 Å². The summed E-state index contributed by atoms with van der Waals surface area (Å²) >= 11 is 8.65. The van der Waals surface area contributed by atoms with Crippen LogP contribution in [0.15, 0.2) is 29.2 Å². The van der Waals surface area contributed by atoms with E-state index in [1.807, 2.05) is 12.1 Å². The molecule has 5 nitrogen and oxygen atoms in total. The number of halogens is 1. The van der Waals surface area contributed by atoms with Crippen molar-refractivity contribution in [1.29, 1.82) is 0 Å². The van der Waals surface area contributed by atoms with Gasteiger partial charge in [-0.3, -0.25) is 10.1 Å². The molecule has 1 atom stereocenters. The Morgan fingerprint density at radius 3 is 2.95 bits per heavy atom. The zero-order valence-electron chi connectivity index (χ0n) is 11.6. The zero-order valence-corrected chi connectivity index (χ0v) is 14.0. The monoisotopic (exact) mass is 355 g/mol. The topological polar surface area (TPSA) is 64.1 Å². The van der Waals surface area contributed by atoms with Gasteiger partial charge in [-0.25, -0.2) is 0 Å². The summed E-state index contributed by atoms with van der Waals surface area (Å²) in [6, 6.07) is 7.39. The predicted molar refractivity (Wildman–Crippen MR) is 88.6 cm³/mol. The molecule has 1 aliphatic heterocycles. The second-order valence-corrected chi connectivity index (χ2v) is 7.23. The van der Waals surface area contributed by atoms with Gasteiger partial charge in [0.05, 0.1) is 5.75 Å². The highest BCUT2D eigenvalue weighted by atomic mass is 35.5. The Balaban J connectivity index is 1.50. The highest BCUT2D eigenvalue weighted by Gasteiger charge is 2.22. The average molecular weight is 356 g/mol. The highest BCUT2D eigenvalue weighted by Crippen LogP contribution is 2.32. The maximum absolute atomic E-state index is 11.9. The quantitative estimate of drug-likeness (QED) is 0.827. The molecule has 1 fully saturated rings. The molecule has 1 aromatic carbocycles. The van der Waals surface area contributed by atoms with Crippen molar-refractivity contribution < 1.29 is 9.53 Å². The molecule has 0 radical (unpaired) electrons. The molecular weight excluding hydrogens is 342 g/mol. The van der Waals surface area contributed by atoms with Crippen molar-refractivity contribution >= 4 is 45.7 Å². The van der Waals surface area contributed by atoms with Crippen LogP contribution in [0.5, 0.6) is 0 Å². The minimum atomic E-state index is -0.102. The lowest BCUT2D eigenvalue weighted by molar-refractivity contribution is -0.113. The van der Waals surface area contributed by atoms with Gasteiger partial charge in [-0.1, -0.05) is 22.9 Å². The smallest absolute Gasteiger partial charge is 0.236 e. The van der Waals surface area contributed by atoms with Crippen LogP contribution in [0.2, 0.25) is 5.02 Å². The van der Waals surface area contributed by atoms with Crippen LogP contribution in [-0.2, 0) is 9.53 Å². The van der Waals surface area contributed by atoms with Gasteiger partial charge in [0.1, 0.15) is 11.1 Å². The molecule has 116 valence electrons. The Labute approximate surface area is 141 Å². The SMILES string of the molecule is O=C(CSc1ccc(Cl)cc1)Nc1nnc(C2CCCO2)s1. The Morgan fingerprint density at radius 2 is 2.23 bits per heavy atom. The molecule has 2 heterocycles. The largest absolute Gasteiger partial charge is 0.371 e. The van der Waals surface area contributed by atoms with Gasteiger partial charge in [0.2, 0.25) is 11.0 Å². The van der Waals surface area contributed by atoms with Crippen LogP contribution in [0.1, 0.15) is 24.0 Å². The van der Waals surface area contributed by atoms with Crippen LogP contribution in [0.4, 0.5) is 5.13 Å². The molecule has 8 heteroatoms. The van der Waals surface area contributed by atoms with E-state index in [4.69, 9.17) is 16.3 Å². The summed E-state index contributed by atoms with van der Waals surface area (Å²) in [5, 5.41) is 12.9. The van der Waals surface area contributed by atoms with E-state index in [1.165, 1.54) is 23.1 Å². The van der Waals surface area contributed by atoms with Crippen LogP contribution in [0.3, 0.4) is 0 Å². The van der Waals surface area contributed by atoms with Crippen molar-refractivity contribution in [2.24, 2.45) is 0 Å². The van der Waals surface area contributed by atoms with E-state index in [0.29, 0.717) is 15.9 Å². The number of hydrogen-bond acceptors (Lipinski definition) is 6. The average Bonchev–Trinajstić information content (AvgIpc) is 3.17. The molecular formula is C14H14ClN3O2S2. The number of ether oxygens (including phenoxy) is 1. The van der Waals surface area contributed by atoms with Crippen LogP contribution in [0.25, 0.3) is 0 Å². The number of rotatable bonds is 5. The number of carbonyl (C=O) groups excluding carboxylic acids is 1. The van der Waals surface area contributed by atoms with E-state index < -0.39 is 0 Å². The van der Waals surface area contributed by atoms with Crippen LogP contribution < -0.4 is 5.32 Å². The van der Waals surface area contributed by atoms with E-state index in [0.717, 1.165) is 29.4 Å². The molecule has 1 unspecified atom stereocenters. The van der Waals surface area contributed by atoms with Crippen molar-refractivity contribution in [3.05, 3.63) is 34.3 Å². The number of aromatic nitrogens is 2. The van der Waals surface area contributed by atoms with Crippen LogP contribution >= 0.6 is 34.7 Å². The first kappa shape index (κ1) is 15.7. The third-order valence-corrected chi connectivity index (χ3v) is 5.27. The minimum Gasteiger partial charge on any atom is -0.371 e. The fourth-order valence-electron chi connectivity index (χ4n) is 2.02. The number of hydrogen-bond donors (Lipinski definition) is 1. The molecule has 0 spiro atoms. The Morgan fingerprint density at radius 1 is 1.41 bits per heavy atom. The lowest BCUT2D eigenvalue weighted by Crippen LogP contribution is -2.13. The van der Waals surface area contributed by atoms with Gasteiger partial charge in [-0.2, -0.15) is 0 Å². The molecule has 1 saturated heterocycles. The first-order chi connectivity index (χ1) is 10.7. The molecule has 3 rings (SSSR count). The number of anilines is 1. The summed E-state index contributed by atoms with van der Waals surface area (Å²) in [5.74, 6) is 0.214. The van der Waals surface area contributed by atoms with Gasteiger partial charge < -0.3 is 4.74 Å². The number of nitrogens with zero attached hydrogens (tertiary/aromatic N) is 2. The highest BCUT2D eigenvalue weighted by molar-refractivity contribution is 8.00. The van der Waals surface area contributed by atoms with E-state index in [9.17, 15) is 4.79 Å². The second kappa shape index (κ2) is 7.41. The van der Waals surface area contributed by atoms with Gasteiger partial charge in [0, 0.05) is 16.5 Å². The molecule has 1 aromatic heterocycles. The first-order valence-electron chi connectivity index (χ1n) is 6.84. The van der Waals surface area contributed by atoms with E-state index in [1.54, 1.807) is 12.1 Å². The summed E-state index contributed by atoms with van der Waals surface area (Å²) in [5.41, 5.74) is 0. The molecule has 0 aliphatic carbocycles. The van der Waals surface area contributed by atoms with Gasteiger partial charge in [0.25, 0.3) is 0 Å². The first-order valence-corrected chi connectivity index (χ1v) is 9.02. The normalized spacial score (nSPS) is 17.6. The lowest BCUT2D eigenvalue weighted by Gasteiger charge is -2.03. The van der Waals surface area contributed by atoms with Crippen molar-refractivity contribution in [2.75, 3.05) is 17.7 Å². The fourth-order valence-corrected chi connectivity index (χ4v) is 3.69. The lowest BCUT2D eigenvalue weighted by atomic mass is 10.2. The molecule has 1 N–H and O–H groups in total. The van der Waals surface area contributed by atoms with Crippen molar-refractivity contribution in [3.8, 4) is 0 Å². The fraction of sp³-hybridized carbons (Fsp3) is 0.357. The summed E-state index contributed by atoms with van der Waals surface area (Å²) in [4.78, 5) is 12.9. The van der Waals surface area contributed by atoms with Gasteiger partial charge in [0.15, 0.2) is 0 Å². The summed E-state index contributed by atoms with van der Waals surface area (Å²) < 4.78 is 5.55. The maximum atomic E-state index is 11.9. The molecule has 0 bridgehead atoms. The predicted octanol–water partition coefficient (Wildman–Crippen LogP) is 3.77. The molecule has 1 amide bonds. The van der Waals surface area contributed by atoms with Crippen molar-refractivity contribution in [1.82, 2.24) is 10.2 Å². The number of thioether (sulfide) groups is 1. The van der Waals surface area contributed by atoms with E-state index in [-0.39, 0.29) is 12.0 Å². The van der Waals surface area contributed by atoms with Crippen LogP contribution in [-0.4, -0.2) is 28.5 Å². The second-order valence-electron chi connectivity index (χ2n) is 4.74. The Kier molecular flexibility index (Phi) is 5.30. The van der Waals surface area contributed by atoms with Crippen molar-refractivity contribution in [2.45, 2.75) is 23.8 Å². The zero-order chi connectivity index (χ0) is 15.4. The summed E-state index contributed by atoms with van der Waals surface area (Å²) in [7, 11) is 0. The third kappa shape index (κ3) is 4.19. The van der Waals surface area contributed by atoms with E-state index >= 15 is 0 Å². The number of carbonyl (C=O) groups is 1. The Hall–Kier alpha value is -1.15. The number of nitrogens with one attached hydrogen (secondary N) is 1. The molecule has 0 saturated carbocycles. The Bertz CT molecular complexity index is 642. The molecule has 22 heavy (non-hydrogen) atoms. The minimum absolute atomic E-state index is 0.0339. The standard InChI is InChI=1S/C14H14ClN3O2S2/c15-9-3-5-10(6-4-9)21-8-12(19)16-14-18-17-13(22-14)11-2-1-7-20-11/h3-6,11H,1-2,7-8H2,(H,16,18,19). The van der Waals surface area contributed by atoms with Gasteiger partial charge in [-0.05, 0) is 37.1 Å². The maximum Gasteiger partial charge on any atom is 0.236 e. The van der Waals surface area contributed by atoms with E-state index in [2.05, 4.69) is 15.5 Å². The van der Waals surface area contributed by atoms with Crippen molar-refractivity contribution in [3.63, 3.8) is 0 Å². The van der Waals surface area contributed by atoms with Crippen LogP contribution in [0, 0.1) is 0 Å². The van der Waals surface area contributed by atoms with Gasteiger partial charge >= 0.3 is 0 Å².